The quantitative estimate of drug-likeness (QED) is 0.341. The van der Waals surface area contributed by atoms with Crippen molar-refractivity contribution in [2.75, 3.05) is 0 Å². The summed E-state index contributed by atoms with van der Waals surface area (Å²) in [5.74, 6) is 0. The Kier molecular flexibility index (Phi) is 111. The Labute approximate surface area is 93.4 Å². The molecule has 4 heteroatoms. The van der Waals surface area contributed by atoms with Crippen LogP contribution < -0.4 is 0 Å². The van der Waals surface area contributed by atoms with Gasteiger partial charge in [0.2, 0.25) is 0 Å². The van der Waals surface area contributed by atoms with Crippen molar-refractivity contribution in [3.05, 3.63) is 0 Å². The summed E-state index contributed by atoms with van der Waals surface area (Å²) < 4.78 is 0. The van der Waals surface area contributed by atoms with Gasteiger partial charge < -0.3 is 0 Å². The van der Waals surface area contributed by atoms with Gasteiger partial charge in [0.05, 0.1) is 0 Å². The summed E-state index contributed by atoms with van der Waals surface area (Å²) in [4.78, 5) is 0. The third-order valence-electron chi connectivity index (χ3n) is 0. The van der Waals surface area contributed by atoms with Crippen molar-refractivity contribution in [2.24, 2.45) is 0 Å². The number of rotatable bonds is 0. The summed E-state index contributed by atoms with van der Waals surface area (Å²) in [5, 5.41) is 0. The van der Waals surface area contributed by atoms with Gasteiger partial charge in [-0.25, -0.2) is 0 Å². The Bertz CT molecular complexity index is 6.00. The van der Waals surface area contributed by atoms with E-state index in [4.69, 9.17) is 0 Å². The van der Waals surface area contributed by atoms with Crippen LogP contribution in [0.4, 0.5) is 0 Å². The van der Waals surface area contributed by atoms with Gasteiger partial charge in [-0.15, -0.1) is 0 Å². The summed E-state index contributed by atoms with van der Waals surface area (Å²) in [7, 11) is 0. The van der Waals surface area contributed by atoms with Gasteiger partial charge in [-0.3, -0.25) is 0 Å². The summed E-state index contributed by atoms with van der Waals surface area (Å²) in [6, 6.07) is 0. The molecule has 0 spiro atoms. The van der Waals surface area contributed by atoms with E-state index < -0.39 is 0 Å². The van der Waals surface area contributed by atoms with Crippen molar-refractivity contribution < 1.29 is 0 Å². The van der Waals surface area contributed by atoms with Crippen LogP contribution in [-0.4, -0.2) is 95.4 Å². The standard InChI is InChI=1S/Ga.2In.Sn.11H. The van der Waals surface area contributed by atoms with E-state index in [1.165, 1.54) is 0 Å². The molecule has 0 bridgehead atoms. The van der Waals surface area contributed by atoms with E-state index in [0.29, 0.717) is 0 Å². The fourth-order valence-corrected chi connectivity index (χ4v) is 0. The second kappa shape index (κ2) is 16.4. The van der Waals surface area contributed by atoms with Crippen molar-refractivity contribution in [2.45, 2.75) is 0 Å². The molecule has 0 unspecified atom stereocenters. The monoisotopic (exact) mass is 430 g/mol. The average molecular weight is 429 g/mol. The van der Waals surface area contributed by atoms with Crippen molar-refractivity contribution in [1.82, 2.24) is 0 Å². The van der Waals surface area contributed by atoms with E-state index in [0.717, 1.165) is 0 Å². The summed E-state index contributed by atoms with van der Waals surface area (Å²) in [6.45, 7) is 0. The topological polar surface area (TPSA) is 0 Å². The first kappa shape index (κ1) is 27.1. The molecule has 0 saturated heterocycles. The molecule has 0 aliphatic heterocycles. The molecule has 0 N–H and O–H groups in total. The number of hydrogen-bond acceptors (Lipinski definition) is 0. The Morgan fingerprint density at radius 2 is 0.750 bits per heavy atom. The van der Waals surface area contributed by atoms with Crippen molar-refractivity contribution in [3.63, 3.8) is 0 Å². The van der Waals surface area contributed by atoms with Crippen LogP contribution in [0.15, 0.2) is 0 Å². The number of hydrogen-bond donors (Lipinski definition) is 0. The van der Waals surface area contributed by atoms with E-state index in [2.05, 4.69) is 0 Å². The van der Waals surface area contributed by atoms with Gasteiger partial charge in [-0.05, 0) is 0 Å². The fraction of sp³-hybridized carbons (Fsp3) is 0. The van der Waals surface area contributed by atoms with Crippen LogP contribution >= 0.6 is 0 Å². The van der Waals surface area contributed by atoms with Gasteiger partial charge in [0, 0.05) is 0 Å². The molecule has 0 atom stereocenters. The van der Waals surface area contributed by atoms with Crippen LogP contribution in [0.5, 0.6) is 0 Å². The predicted molar refractivity (Wildman–Crippen MR) is 38.4 cm³/mol. The summed E-state index contributed by atoms with van der Waals surface area (Å²) in [6.07, 6.45) is 0. The van der Waals surface area contributed by atoms with Gasteiger partial charge in [-0.1, -0.05) is 0 Å². The molecule has 0 nitrogen and oxygen atoms in total. The maximum absolute atomic E-state index is 0. The first-order valence-electron chi connectivity index (χ1n) is 0. The second-order valence-electron chi connectivity index (χ2n) is 0. The molecular formula is H11GaIn2Sn. The van der Waals surface area contributed by atoms with Gasteiger partial charge in [0.1, 0.15) is 0 Å². The van der Waals surface area contributed by atoms with Gasteiger partial charge in [0.15, 0.2) is 0 Å². The Morgan fingerprint density at radius 3 is 0.750 bits per heavy atom. The first-order valence-corrected chi connectivity index (χ1v) is 0. The molecule has 24 valence electrons. The summed E-state index contributed by atoms with van der Waals surface area (Å²) >= 11 is 0. The van der Waals surface area contributed by atoms with Gasteiger partial charge in [0.25, 0.3) is 0 Å². The average Bonchev–Trinajstić information content (AvgIpc) is 0. The molecule has 0 aromatic heterocycles. The van der Waals surface area contributed by atoms with Crippen LogP contribution in [-0.2, 0) is 0 Å². The molecule has 0 aliphatic rings. The van der Waals surface area contributed by atoms with Crippen molar-refractivity contribution in [1.29, 1.82) is 0 Å². The van der Waals surface area contributed by atoms with Crippen LogP contribution in [0, 0.1) is 0 Å². The normalized spacial score (nSPS) is 0. The van der Waals surface area contributed by atoms with E-state index >= 15 is 0 Å². The fourth-order valence-electron chi connectivity index (χ4n) is 0. The van der Waals surface area contributed by atoms with Crippen LogP contribution in [0.25, 0.3) is 0 Å². The van der Waals surface area contributed by atoms with Crippen LogP contribution in [0.3, 0.4) is 0 Å². The van der Waals surface area contributed by atoms with E-state index in [9.17, 15) is 0 Å². The molecule has 0 fully saturated rings. The molecule has 0 amide bonds. The Hall–Kier alpha value is 3.18. The van der Waals surface area contributed by atoms with E-state index in [1.807, 2.05) is 0 Å². The van der Waals surface area contributed by atoms with E-state index in [1.54, 1.807) is 0 Å². The van der Waals surface area contributed by atoms with Crippen molar-refractivity contribution >= 4 is 95.4 Å². The summed E-state index contributed by atoms with van der Waals surface area (Å²) in [5.41, 5.74) is 0. The third kappa shape index (κ3) is 8.95. The molecule has 0 rings (SSSR count). The van der Waals surface area contributed by atoms with Gasteiger partial charge >= 0.3 is 95.4 Å². The molecule has 0 saturated carbocycles. The first-order chi connectivity index (χ1) is 0. The molecule has 0 aromatic carbocycles. The molecule has 0 heterocycles. The zero-order valence-corrected chi connectivity index (χ0v) is 4.74. The zero-order chi connectivity index (χ0) is 0. The van der Waals surface area contributed by atoms with Crippen LogP contribution in [0.2, 0.25) is 0 Å². The minimum absolute atomic E-state index is 0. The molecule has 0 aliphatic carbocycles. The SMILES string of the molecule is [GaH3].[InH3].[InH3].[SnH2]. The van der Waals surface area contributed by atoms with Crippen molar-refractivity contribution in [3.8, 4) is 0 Å². The van der Waals surface area contributed by atoms with Gasteiger partial charge in [-0.2, -0.15) is 0 Å². The molecule has 0 aromatic rings. The second-order valence-corrected chi connectivity index (χ2v) is 0. The zero-order valence-electron chi connectivity index (χ0n) is 0.707. The minimum atomic E-state index is 0. The maximum atomic E-state index is 0. The van der Waals surface area contributed by atoms with E-state index in [-0.39, 0.29) is 95.4 Å². The Balaban J connectivity index is 0. The molecule has 4 heavy (non-hydrogen) atoms. The third-order valence-corrected chi connectivity index (χ3v) is 0. The molecular weight excluding hydrogens is 418 g/mol. The molecule has 2 radical (unpaired) electrons. The van der Waals surface area contributed by atoms with Crippen LogP contribution in [0.1, 0.15) is 0 Å². The Morgan fingerprint density at radius 1 is 0.750 bits per heavy atom. The predicted octanol–water partition coefficient (Wildman–Crippen LogP) is -4.47.